The Morgan fingerprint density at radius 1 is 0.769 bits per heavy atom. The lowest BCUT2D eigenvalue weighted by molar-refractivity contribution is -0.274. The number of thiophene rings is 1. The average Bonchev–Trinajstić information content (AvgIpc) is 3.27. The number of halogens is 6. The second kappa shape index (κ2) is 10.6. The predicted octanol–water partition coefficient (Wildman–Crippen LogP) is 6.85. The summed E-state index contributed by atoms with van der Waals surface area (Å²) in [6.07, 6.45) is -4.99. The van der Waals surface area contributed by atoms with E-state index in [-0.39, 0.29) is 19.8 Å². The molecule has 0 aliphatic heterocycles. The fourth-order valence-electron chi connectivity index (χ4n) is 3.31. The van der Waals surface area contributed by atoms with Crippen molar-refractivity contribution in [1.29, 1.82) is 0 Å². The van der Waals surface area contributed by atoms with Gasteiger partial charge in [-0.15, -0.1) is 24.5 Å². The van der Waals surface area contributed by atoms with E-state index in [9.17, 15) is 38.8 Å². The number of hydrogen-bond acceptors (Lipinski definition) is 6. The van der Waals surface area contributed by atoms with E-state index in [0.717, 1.165) is 60.7 Å². The maximum Gasteiger partial charge on any atom is 0.573 e. The molecule has 0 saturated heterocycles. The van der Waals surface area contributed by atoms with Gasteiger partial charge in [-0.1, -0.05) is 23.7 Å². The fraction of sp³-hybridized carbons (Fsp3) is 0.0435. The largest absolute Gasteiger partial charge is 0.573 e. The van der Waals surface area contributed by atoms with Crippen molar-refractivity contribution in [3.05, 3.63) is 88.8 Å². The van der Waals surface area contributed by atoms with Crippen LogP contribution in [0.3, 0.4) is 0 Å². The molecule has 0 aliphatic carbocycles. The average molecular weight is 625 g/mol. The summed E-state index contributed by atoms with van der Waals surface area (Å²) in [6, 6.07) is 12.1. The Balaban J connectivity index is 1.75. The molecule has 1 heterocycles. The summed E-state index contributed by atoms with van der Waals surface area (Å²) < 4.78 is 126. The molecule has 0 saturated carbocycles. The summed E-state index contributed by atoms with van der Waals surface area (Å²) in [5.41, 5.74) is -1.37. The molecular formula is C23H14ClF5N2O5S3. The second-order valence-corrected chi connectivity index (χ2v) is 13.0. The molecule has 0 amide bonds. The lowest BCUT2D eigenvalue weighted by Gasteiger charge is -2.16. The summed E-state index contributed by atoms with van der Waals surface area (Å²) in [4.78, 5) is -0.486. The Hall–Kier alpha value is -3.40. The van der Waals surface area contributed by atoms with E-state index in [4.69, 9.17) is 11.6 Å². The third-order valence-electron chi connectivity index (χ3n) is 4.94. The van der Waals surface area contributed by atoms with E-state index in [2.05, 4.69) is 14.2 Å². The number of ether oxygens (including phenoxy) is 1. The molecule has 16 heteroatoms. The van der Waals surface area contributed by atoms with E-state index < -0.39 is 59.9 Å². The number of sulfonamides is 2. The molecule has 3 aromatic carbocycles. The van der Waals surface area contributed by atoms with Crippen molar-refractivity contribution < 1.29 is 43.5 Å². The third-order valence-corrected chi connectivity index (χ3v) is 9.41. The molecule has 0 aliphatic rings. The van der Waals surface area contributed by atoms with Gasteiger partial charge >= 0.3 is 6.36 Å². The molecule has 4 aromatic rings. The Morgan fingerprint density at radius 3 is 1.95 bits per heavy atom. The number of nitrogens with one attached hydrogen (secondary N) is 2. The number of alkyl halides is 3. The minimum atomic E-state index is -4.99. The van der Waals surface area contributed by atoms with Crippen LogP contribution in [0, 0.1) is 11.6 Å². The molecule has 2 N–H and O–H groups in total. The minimum Gasteiger partial charge on any atom is -0.406 e. The van der Waals surface area contributed by atoms with E-state index in [0.29, 0.717) is 11.3 Å². The summed E-state index contributed by atoms with van der Waals surface area (Å²) in [7, 11) is -8.83. The zero-order chi connectivity index (χ0) is 28.6. The van der Waals surface area contributed by atoms with Gasteiger partial charge in [-0.3, -0.25) is 9.44 Å². The van der Waals surface area contributed by atoms with Crippen molar-refractivity contribution in [1.82, 2.24) is 0 Å². The number of benzene rings is 3. The molecule has 0 atom stereocenters. The van der Waals surface area contributed by atoms with Crippen LogP contribution in [0.5, 0.6) is 5.75 Å². The van der Waals surface area contributed by atoms with E-state index >= 15 is 0 Å². The molecule has 0 fully saturated rings. The quantitative estimate of drug-likeness (QED) is 0.209. The standard InChI is InChI=1S/C23H14ClF5N2O5S3/c24-20-10-11-21(37-20)39(34,35)31-19-12-13(22-16(25)2-1-3-17(22)26)4-9-18(19)30-38(32,33)15-7-5-14(6-8-15)36-23(27,28)29/h1-12,30-31H. The van der Waals surface area contributed by atoms with Gasteiger partial charge in [0.25, 0.3) is 20.0 Å². The Labute approximate surface area is 227 Å². The minimum absolute atomic E-state index is 0.121. The van der Waals surface area contributed by atoms with Crippen LogP contribution >= 0.6 is 22.9 Å². The van der Waals surface area contributed by atoms with Gasteiger partial charge in [-0.25, -0.2) is 25.6 Å². The van der Waals surface area contributed by atoms with Gasteiger partial charge in [0, 0.05) is 0 Å². The van der Waals surface area contributed by atoms with Gasteiger partial charge in [0.2, 0.25) is 0 Å². The van der Waals surface area contributed by atoms with E-state index in [1.54, 1.807) is 0 Å². The van der Waals surface area contributed by atoms with E-state index in [1.165, 1.54) is 12.1 Å². The van der Waals surface area contributed by atoms with Crippen molar-refractivity contribution >= 4 is 54.4 Å². The molecule has 0 spiro atoms. The normalized spacial score (nSPS) is 12.3. The van der Waals surface area contributed by atoms with Crippen molar-refractivity contribution in [2.75, 3.05) is 9.44 Å². The van der Waals surface area contributed by atoms with Crippen LogP contribution in [0.4, 0.5) is 33.3 Å². The lowest BCUT2D eigenvalue weighted by Crippen LogP contribution is -2.18. The SMILES string of the molecule is O=S(=O)(Nc1ccc(-c2c(F)cccc2F)cc1NS(=O)(=O)c1ccc(Cl)s1)c1ccc(OC(F)(F)F)cc1. The predicted molar refractivity (Wildman–Crippen MR) is 136 cm³/mol. The zero-order valence-electron chi connectivity index (χ0n) is 19.0. The van der Waals surface area contributed by atoms with Crippen molar-refractivity contribution in [2.45, 2.75) is 15.5 Å². The molecule has 39 heavy (non-hydrogen) atoms. The van der Waals surface area contributed by atoms with Crippen LogP contribution in [0.15, 0.2) is 81.9 Å². The molecule has 1 aromatic heterocycles. The van der Waals surface area contributed by atoms with Crippen molar-refractivity contribution in [3.63, 3.8) is 0 Å². The molecule has 4 rings (SSSR count). The molecular weight excluding hydrogens is 611 g/mol. The smallest absolute Gasteiger partial charge is 0.406 e. The number of anilines is 2. The van der Waals surface area contributed by atoms with Gasteiger partial charge in [0.1, 0.15) is 21.6 Å². The van der Waals surface area contributed by atoms with Gasteiger partial charge < -0.3 is 4.74 Å². The first-order valence-corrected chi connectivity index (χ1v) is 14.6. The van der Waals surface area contributed by atoms with Crippen LogP contribution < -0.4 is 14.2 Å². The molecule has 7 nitrogen and oxygen atoms in total. The maximum absolute atomic E-state index is 14.4. The first kappa shape index (κ1) is 28.6. The zero-order valence-corrected chi connectivity index (χ0v) is 22.2. The van der Waals surface area contributed by atoms with Crippen molar-refractivity contribution in [2.24, 2.45) is 0 Å². The Bertz CT molecular complexity index is 1720. The first-order valence-electron chi connectivity index (χ1n) is 10.4. The highest BCUT2D eigenvalue weighted by molar-refractivity contribution is 7.94. The summed E-state index contributed by atoms with van der Waals surface area (Å²) in [5, 5.41) is 0. The van der Waals surface area contributed by atoms with Gasteiger partial charge in [-0.05, 0) is 66.2 Å². The second-order valence-electron chi connectivity index (χ2n) is 7.65. The van der Waals surface area contributed by atoms with Gasteiger partial charge in [0.15, 0.2) is 0 Å². The maximum atomic E-state index is 14.4. The summed E-state index contributed by atoms with van der Waals surface area (Å²) in [5.74, 6) is -2.58. The van der Waals surface area contributed by atoms with Gasteiger partial charge in [-0.2, -0.15) is 0 Å². The number of rotatable bonds is 8. The molecule has 0 unspecified atom stereocenters. The molecule has 206 valence electrons. The van der Waals surface area contributed by atoms with Crippen LogP contribution in [0.2, 0.25) is 4.34 Å². The third kappa shape index (κ3) is 6.79. The number of hydrogen-bond donors (Lipinski definition) is 2. The van der Waals surface area contributed by atoms with E-state index in [1.807, 2.05) is 0 Å². The van der Waals surface area contributed by atoms with Crippen LogP contribution in [-0.2, 0) is 20.0 Å². The fourth-order valence-corrected chi connectivity index (χ4v) is 6.94. The van der Waals surface area contributed by atoms with Crippen LogP contribution in [-0.4, -0.2) is 23.2 Å². The van der Waals surface area contributed by atoms with Crippen LogP contribution in [0.1, 0.15) is 0 Å². The highest BCUT2D eigenvalue weighted by atomic mass is 35.5. The molecule has 0 bridgehead atoms. The van der Waals surface area contributed by atoms with Crippen molar-refractivity contribution in [3.8, 4) is 16.9 Å². The summed E-state index contributed by atoms with van der Waals surface area (Å²) >= 11 is 6.53. The van der Waals surface area contributed by atoms with Crippen LogP contribution in [0.25, 0.3) is 11.1 Å². The molecule has 0 radical (unpaired) electrons. The Morgan fingerprint density at radius 2 is 1.38 bits per heavy atom. The Kier molecular flexibility index (Phi) is 7.80. The first-order chi connectivity index (χ1) is 18.1. The summed E-state index contributed by atoms with van der Waals surface area (Å²) in [6.45, 7) is 0. The highest BCUT2D eigenvalue weighted by Crippen LogP contribution is 2.36. The topological polar surface area (TPSA) is 102 Å². The van der Waals surface area contributed by atoms with Gasteiger partial charge in [0.05, 0.1) is 26.2 Å². The monoisotopic (exact) mass is 624 g/mol. The highest BCUT2D eigenvalue weighted by Gasteiger charge is 2.31. The lowest BCUT2D eigenvalue weighted by atomic mass is 10.0.